The number of carbonyl (C=O) groups excluding carboxylic acids is 1. The molecule has 130 valence electrons. The standard InChI is InChI=1S/C17H30N4OS/c1-17(2,3)15(18)23-16(19)20-14(22)13-10-7-11-21(13)12-8-5-4-6-9-12/h12-13,18H,4-11H2,1-3H3,(H2,19,20,22). The number of thioether (sulfide) groups is 1. The third kappa shape index (κ3) is 5.05. The predicted molar refractivity (Wildman–Crippen MR) is 98.0 cm³/mol. The van der Waals surface area contributed by atoms with E-state index in [9.17, 15) is 4.79 Å². The van der Waals surface area contributed by atoms with Crippen molar-refractivity contribution in [2.45, 2.75) is 77.8 Å². The normalized spacial score (nSPS) is 24.8. The van der Waals surface area contributed by atoms with Gasteiger partial charge in [0, 0.05) is 11.5 Å². The number of aliphatic imine (C=N–C) groups is 1. The molecule has 1 heterocycles. The zero-order valence-electron chi connectivity index (χ0n) is 14.6. The minimum Gasteiger partial charge on any atom is -0.378 e. The molecule has 2 fully saturated rings. The predicted octanol–water partition coefficient (Wildman–Crippen LogP) is 3.38. The van der Waals surface area contributed by atoms with Gasteiger partial charge >= 0.3 is 0 Å². The lowest BCUT2D eigenvalue weighted by Gasteiger charge is -2.34. The summed E-state index contributed by atoms with van der Waals surface area (Å²) in [6.07, 6.45) is 8.21. The van der Waals surface area contributed by atoms with Crippen LogP contribution in [0.1, 0.15) is 65.7 Å². The number of hydrogen-bond acceptors (Lipinski definition) is 4. The van der Waals surface area contributed by atoms with E-state index in [1.807, 2.05) is 20.8 Å². The second kappa shape index (κ2) is 7.79. The Labute approximate surface area is 144 Å². The fraction of sp³-hybridized carbons (Fsp3) is 0.824. The Bertz CT molecular complexity index is 477. The molecule has 0 bridgehead atoms. The molecule has 0 aromatic rings. The van der Waals surface area contributed by atoms with Gasteiger partial charge in [-0.1, -0.05) is 40.0 Å². The average Bonchev–Trinajstić information content (AvgIpc) is 2.96. The Kier molecular flexibility index (Phi) is 6.26. The molecule has 0 aromatic heterocycles. The van der Waals surface area contributed by atoms with Crippen LogP contribution < -0.4 is 5.73 Å². The molecule has 1 amide bonds. The van der Waals surface area contributed by atoms with Crippen LogP contribution >= 0.6 is 11.8 Å². The summed E-state index contributed by atoms with van der Waals surface area (Å²) in [6, 6.07) is 0.429. The maximum absolute atomic E-state index is 12.5. The van der Waals surface area contributed by atoms with Gasteiger partial charge in [0.25, 0.3) is 5.91 Å². The Hall–Kier alpha value is -0.880. The molecule has 0 spiro atoms. The molecule has 6 heteroatoms. The van der Waals surface area contributed by atoms with Crippen LogP contribution in [0.5, 0.6) is 0 Å². The van der Waals surface area contributed by atoms with Crippen LogP contribution in [-0.4, -0.2) is 39.6 Å². The minimum absolute atomic E-state index is 0.110. The zero-order chi connectivity index (χ0) is 17.0. The van der Waals surface area contributed by atoms with Crippen LogP contribution in [-0.2, 0) is 4.79 Å². The molecule has 1 aliphatic carbocycles. The van der Waals surface area contributed by atoms with Gasteiger partial charge in [0.2, 0.25) is 0 Å². The third-order valence-electron chi connectivity index (χ3n) is 4.73. The first-order valence-electron chi connectivity index (χ1n) is 8.69. The summed E-state index contributed by atoms with van der Waals surface area (Å²) in [7, 11) is 0. The van der Waals surface area contributed by atoms with Gasteiger partial charge in [0.1, 0.15) is 0 Å². The van der Waals surface area contributed by atoms with Crippen LogP contribution in [0.25, 0.3) is 0 Å². The number of rotatable bonds is 2. The second-order valence-corrected chi connectivity index (χ2v) is 8.69. The van der Waals surface area contributed by atoms with Crippen LogP contribution in [0.3, 0.4) is 0 Å². The second-order valence-electron chi connectivity index (χ2n) is 7.66. The lowest BCUT2D eigenvalue weighted by atomic mass is 9.93. The molecule has 3 N–H and O–H groups in total. The number of amides is 1. The highest BCUT2D eigenvalue weighted by molar-refractivity contribution is 8.26. The summed E-state index contributed by atoms with van der Waals surface area (Å²) in [5.41, 5.74) is 5.63. The molecule has 2 aliphatic rings. The lowest BCUT2D eigenvalue weighted by Crippen LogP contribution is -2.44. The van der Waals surface area contributed by atoms with Crippen molar-refractivity contribution in [1.82, 2.24) is 4.90 Å². The van der Waals surface area contributed by atoms with E-state index in [4.69, 9.17) is 11.1 Å². The quantitative estimate of drug-likeness (QED) is 0.597. The van der Waals surface area contributed by atoms with E-state index in [1.54, 1.807) is 0 Å². The van der Waals surface area contributed by atoms with E-state index in [-0.39, 0.29) is 22.5 Å². The average molecular weight is 339 g/mol. The number of carbonyl (C=O) groups is 1. The van der Waals surface area contributed by atoms with E-state index in [1.165, 1.54) is 32.1 Å². The topological polar surface area (TPSA) is 82.5 Å². The molecule has 23 heavy (non-hydrogen) atoms. The Morgan fingerprint density at radius 3 is 2.43 bits per heavy atom. The molecule has 1 saturated carbocycles. The number of nitrogens with zero attached hydrogens (tertiary/aromatic N) is 2. The summed E-state index contributed by atoms with van der Waals surface area (Å²) in [6.45, 7) is 6.87. The van der Waals surface area contributed by atoms with Gasteiger partial charge in [-0.3, -0.25) is 15.1 Å². The minimum atomic E-state index is -0.269. The Morgan fingerprint density at radius 2 is 1.83 bits per heavy atom. The molecule has 1 atom stereocenters. The van der Waals surface area contributed by atoms with Gasteiger partial charge in [-0.05, 0) is 44.0 Å². The molecule has 2 rings (SSSR count). The van der Waals surface area contributed by atoms with Crippen molar-refractivity contribution in [3.63, 3.8) is 0 Å². The fourth-order valence-electron chi connectivity index (χ4n) is 3.37. The molecular weight excluding hydrogens is 308 g/mol. The van der Waals surface area contributed by atoms with Gasteiger partial charge in [0.15, 0.2) is 5.17 Å². The van der Waals surface area contributed by atoms with E-state index < -0.39 is 0 Å². The fourth-order valence-corrected chi connectivity index (χ4v) is 4.02. The van der Waals surface area contributed by atoms with E-state index in [0.717, 1.165) is 31.1 Å². The van der Waals surface area contributed by atoms with Crippen molar-refractivity contribution in [2.75, 3.05) is 6.54 Å². The van der Waals surface area contributed by atoms with Crippen molar-refractivity contribution < 1.29 is 4.79 Å². The molecule has 1 aliphatic heterocycles. The maximum atomic E-state index is 12.5. The molecule has 5 nitrogen and oxygen atoms in total. The van der Waals surface area contributed by atoms with E-state index >= 15 is 0 Å². The van der Waals surface area contributed by atoms with Crippen molar-refractivity contribution in [2.24, 2.45) is 16.1 Å². The van der Waals surface area contributed by atoms with Crippen LogP contribution in [0.15, 0.2) is 4.99 Å². The lowest BCUT2D eigenvalue weighted by molar-refractivity contribution is -0.122. The Balaban J connectivity index is 1.98. The molecule has 1 unspecified atom stereocenters. The van der Waals surface area contributed by atoms with Crippen molar-refractivity contribution >= 4 is 27.9 Å². The van der Waals surface area contributed by atoms with Crippen molar-refractivity contribution in [3.05, 3.63) is 0 Å². The van der Waals surface area contributed by atoms with Crippen LogP contribution in [0.4, 0.5) is 0 Å². The first-order chi connectivity index (χ1) is 10.8. The SMILES string of the molecule is CC(C)(C)C(=N)SC(N)=NC(=O)C1CCCN1C1CCCCC1. The van der Waals surface area contributed by atoms with Crippen molar-refractivity contribution in [1.29, 1.82) is 5.41 Å². The van der Waals surface area contributed by atoms with Gasteiger partial charge < -0.3 is 5.73 Å². The van der Waals surface area contributed by atoms with Gasteiger partial charge in [-0.25, -0.2) is 0 Å². The molecule has 1 saturated heterocycles. The molecule has 0 radical (unpaired) electrons. The number of nitrogens with one attached hydrogen (secondary N) is 1. The smallest absolute Gasteiger partial charge is 0.265 e. The molecular formula is C17H30N4OS. The molecule has 0 aromatic carbocycles. The van der Waals surface area contributed by atoms with E-state index in [2.05, 4.69) is 9.89 Å². The van der Waals surface area contributed by atoms with Gasteiger partial charge in [-0.2, -0.15) is 4.99 Å². The maximum Gasteiger partial charge on any atom is 0.265 e. The first-order valence-corrected chi connectivity index (χ1v) is 9.51. The summed E-state index contributed by atoms with van der Waals surface area (Å²) in [5.74, 6) is -0.125. The van der Waals surface area contributed by atoms with Crippen molar-refractivity contribution in [3.8, 4) is 0 Å². The Morgan fingerprint density at radius 1 is 1.17 bits per heavy atom. The van der Waals surface area contributed by atoms with Crippen LogP contribution in [0.2, 0.25) is 0 Å². The summed E-state index contributed by atoms with van der Waals surface area (Å²) in [5, 5.41) is 8.64. The summed E-state index contributed by atoms with van der Waals surface area (Å²) in [4.78, 5) is 19.0. The third-order valence-corrected chi connectivity index (χ3v) is 5.85. The van der Waals surface area contributed by atoms with E-state index in [0.29, 0.717) is 11.1 Å². The highest BCUT2D eigenvalue weighted by atomic mass is 32.2. The number of hydrogen-bond donors (Lipinski definition) is 2. The number of amidine groups is 1. The highest BCUT2D eigenvalue weighted by Gasteiger charge is 2.35. The summed E-state index contributed by atoms with van der Waals surface area (Å²) >= 11 is 1.10. The first kappa shape index (κ1) is 18.5. The van der Waals surface area contributed by atoms with Gasteiger partial charge in [0.05, 0.1) is 11.1 Å². The highest BCUT2D eigenvalue weighted by Crippen LogP contribution is 2.30. The number of nitrogens with two attached hydrogens (primary N) is 1. The van der Waals surface area contributed by atoms with Crippen LogP contribution in [0, 0.1) is 10.8 Å². The van der Waals surface area contributed by atoms with Gasteiger partial charge in [-0.15, -0.1) is 0 Å². The number of likely N-dealkylation sites (tertiary alicyclic amines) is 1. The zero-order valence-corrected chi connectivity index (χ0v) is 15.4. The largest absolute Gasteiger partial charge is 0.378 e. The monoisotopic (exact) mass is 338 g/mol. The summed E-state index contributed by atoms with van der Waals surface area (Å²) < 4.78 is 0.